The molecule has 1 aromatic carbocycles. The highest BCUT2D eigenvalue weighted by atomic mass is 32.1. The molecule has 9 heteroatoms. The maximum absolute atomic E-state index is 13.3. The molecular formula is C25H27N5O3S. The molecule has 0 atom stereocenters. The average Bonchev–Trinajstić information content (AvgIpc) is 3.54. The third kappa shape index (κ3) is 4.65. The highest BCUT2D eigenvalue weighted by Crippen LogP contribution is 2.34. The highest BCUT2D eigenvalue weighted by Gasteiger charge is 2.26. The normalized spacial score (nSPS) is 16.4. The quantitative estimate of drug-likeness (QED) is 0.503. The fraction of sp³-hybridized carbons (Fsp3) is 0.400. The van der Waals surface area contributed by atoms with E-state index >= 15 is 0 Å². The van der Waals surface area contributed by atoms with Gasteiger partial charge in [0.1, 0.15) is 15.6 Å². The zero-order valence-corrected chi connectivity index (χ0v) is 20.2. The maximum atomic E-state index is 13.3. The molecule has 1 aliphatic carbocycles. The number of hydrazone groups is 1. The fourth-order valence-corrected chi connectivity index (χ4v) is 5.33. The monoisotopic (exact) mass is 477 g/mol. The Labute approximate surface area is 202 Å². The van der Waals surface area contributed by atoms with Gasteiger partial charge < -0.3 is 9.47 Å². The summed E-state index contributed by atoms with van der Waals surface area (Å²) in [6.45, 7) is 2.41. The van der Waals surface area contributed by atoms with Crippen molar-refractivity contribution in [3.63, 3.8) is 0 Å². The van der Waals surface area contributed by atoms with Gasteiger partial charge in [0.15, 0.2) is 11.5 Å². The molecule has 5 rings (SSSR count). The van der Waals surface area contributed by atoms with E-state index in [2.05, 4.69) is 15.0 Å². The van der Waals surface area contributed by atoms with E-state index in [0.29, 0.717) is 27.8 Å². The van der Waals surface area contributed by atoms with Gasteiger partial charge in [-0.15, -0.1) is 11.3 Å². The third-order valence-corrected chi connectivity index (χ3v) is 7.29. The van der Waals surface area contributed by atoms with Crippen molar-refractivity contribution in [2.45, 2.75) is 51.6 Å². The van der Waals surface area contributed by atoms with Crippen LogP contribution in [0.1, 0.15) is 59.5 Å². The third-order valence-electron chi connectivity index (χ3n) is 6.13. The molecule has 0 radical (unpaired) electrons. The van der Waals surface area contributed by atoms with E-state index in [1.54, 1.807) is 30.7 Å². The number of rotatable bonds is 6. The summed E-state index contributed by atoms with van der Waals surface area (Å²) in [5.41, 5.74) is 3.16. The zero-order valence-electron chi connectivity index (χ0n) is 19.4. The van der Waals surface area contributed by atoms with E-state index in [1.807, 2.05) is 25.1 Å². The number of methoxy groups -OCH3 is 1. The smallest absolute Gasteiger partial charge is 0.285 e. The van der Waals surface area contributed by atoms with Gasteiger partial charge in [0.2, 0.25) is 0 Å². The molecule has 0 unspecified atom stereocenters. The van der Waals surface area contributed by atoms with Gasteiger partial charge in [0.25, 0.3) is 5.91 Å². The lowest BCUT2D eigenvalue weighted by Gasteiger charge is -2.24. The Bertz CT molecular complexity index is 1200. The molecule has 8 nitrogen and oxygen atoms in total. The molecule has 0 spiro atoms. The molecular weight excluding hydrogens is 450 g/mol. The lowest BCUT2D eigenvalue weighted by Crippen LogP contribution is -2.32. The molecule has 0 N–H and O–H groups in total. The fourth-order valence-electron chi connectivity index (χ4n) is 4.36. The van der Waals surface area contributed by atoms with Gasteiger partial charge in [-0.2, -0.15) is 5.10 Å². The second kappa shape index (κ2) is 9.89. The summed E-state index contributed by atoms with van der Waals surface area (Å²) in [6, 6.07) is 5.90. The van der Waals surface area contributed by atoms with Crippen LogP contribution >= 0.6 is 11.3 Å². The minimum absolute atomic E-state index is 0.140. The average molecular weight is 478 g/mol. The molecule has 176 valence electrons. The van der Waals surface area contributed by atoms with Crippen molar-refractivity contribution in [2.24, 2.45) is 5.10 Å². The number of amides is 1. The highest BCUT2D eigenvalue weighted by molar-refractivity contribution is 7.17. The molecule has 1 fully saturated rings. The van der Waals surface area contributed by atoms with E-state index < -0.39 is 0 Å². The first-order chi connectivity index (χ1) is 16.6. The second-order valence-corrected chi connectivity index (χ2v) is 9.49. The zero-order chi connectivity index (χ0) is 23.5. The largest absolute Gasteiger partial charge is 0.493 e. The SMILES string of the molecule is COc1ccc(C2=NN(C(=O)c3sc(-c4cnccn4)nc3C)CCC2)cc1OC1CCCC1. The molecule has 1 amide bonds. The molecule has 0 bridgehead atoms. The van der Waals surface area contributed by atoms with Crippen molar-refractivity contribution in [1.29, 1.82) is 0 Å². The van der Waals surface area contributed by atoms with E-state index in [-0.39, 0.29) is 12.0 Å². The summed E-state index contributed by atoms with van der Waals surface area (Å²) in [5, 5.41) is 6.97. The minimum Gasteiger partial charge on any atom is -0.493 e. The van der Waals surface area contributed by atoms with Crippen LogP contribution in [0.15, 0.2) is 41.9 Å². The van der Waals surface area contributed by atoms with Crippen LogP contribution in [0.3, 0.4) is 0 Å². The topological polar surface area (TPSA) is 89.8 Å². The molecule has 2 aromatic heterocycles. The van der Waals surface area contributed by atoms with Crippen molar-refractivity contribution in [3.05, 3.63) is 52.9 Å². The van der Waals surface area contributed by atoms with Crippen LogP contribution in [-0.2, 0) is 0 Å². The van der Waals surface area contributed by atoms with Gasteiger partial charge in [0, 0.05) is 24.5 Å². The summed E-state index contributed by atoms with van der Waals surface area (Å²) in [6.07, 6.45) is 11.3. The first-order valence-corrected chi connectivity index (χ1v) is 12.4. The number of carbonyl (C=O) groups excluding carboxylic acids is 1. The van der Waals surface area contributed by atoms with Gasteiger partial charge in [0.05, 0.1) is 30.8 Å². The predicted octanol–water partition coefficient (Wildman–Crippen LogP) is 4.88. The lowest BCUT2D eigenvalue weighted by atomic mass is 10.0. The molecule has 1 saturated carbocycles. The Morgan fingerprint density at radius 1 is 1.15 bits per heavy atom. The number of hydrogen-bond acceptors (Lipinski definition) is 8. The van der Waals surface area contributed by atoms with Crippen molar-refractivity contribution in [1.82, 2.24) is 20.0 Å². The Morgan fingerprint density at radius 2 is 2.00 bits per heavy atom. The van der Waals surface area contributed by atoms with Crippen molar-refractivity contribution < 1.29 is 14.3 Å². The molecule has 1 aliphatic heterocycles. The van der Waals surface area contributed by atoms with Crippen LogP contribution in [0.25, 0.3) is 10.7 Å². The van der Waals surface area contributed by atoms with Crippen LogP contribution in [-0.4, -0.2) is 51.3 Å². The molecule has 3 heterocycles. The summed E-state index contributed by atoms with van der Waals surface area (Å²) in [5.74, 6) is 1.32. The van der Waals surface area contributed by atoms with Crippen LogP contribution in [0.4, 0.5) is 0 Å². The van der Waals surface area contributed by atoms with Crippen molar-refractivity contribution in [2.75, 3.05) is 13.7 Å². The summed E-state index contributed by atoms with van der Waals surface area (Å²) in [4.78, 5) is 26.9. The standard InChI is InChI=1S/C25H27N5O3S/c1-16-23(34-24(28-16)20-15-26-11-12-27-20)25(31)30-13-5-8-19(29-30)17-9-10-21(32-2)22(14-17)33-18-6-3-4-7-18/h9-12,14-15,18H,3-8,13H2,1-2H3. The summed E-state index contributed by atoms with van der Waals surface area (Å²) < 4.78 is 11.8. The van der Waals surface area contributed by atoms with Crippen molar-refractivity contribution >= 4 is 23.0 Å². The Hall–Kier alpha value is -3.33. The number of benzene rings is 1. The molecule has 34 heavy (non-hydrogen) atoms. The number of nitrogens with zero attached hydrogens (tertiary/aromatic N) is 5. The second-order valence-electron chi connectivity index (χ2n) is 8.49. The minimum atomic E-state index is -0.140. The number of thiazole rings is 1. The van der Waals surface area contributed by atoms with E-state index in [0.717, 1.165) is 48.5 Å². The van der Waals surface area contributed by atoms with Gasteiger partial charge in [-0.1, -0.05) is 0 Å². The van der Waals surface area contributed by atoms with Crippen LogP contribution in [0, 0.1) is 6.92 Å². The first kappa shape index (κ1) is 22.5. The number of ether oxygens (including phenoxy) is 2. The number of hydrogen-bond donors (Lipinski definition) is 0. The maximum Gasteiger partial charge on any atom is 0.285 e. The van der Waals surface area contributed by atoms with E-state index in [1.165, 1.54) is 24.2 Å². The Morgan fingerprint density at radius 3 is 2.76 bits per heavy atom. The van der Waals surface area contributed by atoms with Crippen LogP contribution < -0.4 is 9.47 Å². The summed E-state index contributed by atoms with van der Waals surface area (Å²) in [7, 11) is 1.65. The van der Waals surface area contributed by atoms with Gasteiger partial charge in [-0.25, -0.2) is 9.99 Å². The van der Waals surface area contributed by atoms with E-state index in [4.69, 9.17) is 14.6 Å². The predicted molar refractivity (Wildman–Crippen MR) is 131 cm³/mol. The van der Waals surface area contributed by atoms with Gasteiger partial charge >= 0.3 is 0 Å². The molecule has 3 aromatic rings. The van der Waals surface area contributed by atoms with Crippen LogP contribution in [0.2, 0.25) is 0 Å². The van der Waals surface area contributed by atoms with Gasteiger partial charge in [-0.3, -0.25) is 14.8 Å². The number of aromatic nitrogens is 3. The first-order valence-electron chi connectivity index (χ1n) is 11.6. The Kier molecular flexibility index (Phi) is 6.53. The number of aryl methyl sites for hydroxylation is 1. The van der Waals surface area contributed by atoms with Crippen molar-refractivity contribution in [3.8, 4) is 22.2 Å². The Balaban J connectivity index is 1.39. The van der Waals surface area contributed by atoms with Crippen LogP contribution in [0.5, 0.6) is 11.5 Å². The molecule has 0 saturated heterocycles. The summed E-state index contributed by atoms with van der Waals surface area (Å²) >= 11 is 1.33. The molecule has 2 aliphatic rings. The lowest BCUT2D eigenvalue weighted by molar-refractivity contribution is 0.0755. The number of carbonyl (C=O) groups is 1. The van der Waals surface area contributed by atoms with Gasteiger partial charge in [-0.05, 0) is 63.6 Å². The van der Waals surface area contributed by atoms with E-state index in [9.17, 15) is 4.79 Å².